The lowest BCUT2D eigenvalue weighted by atomic mass is 9.94. The predicted octanol–water partition coefficient (Wildman–Crippen LogP) is 4.60. The average molecular weight is 518 g/mol. The van der Waals surface area contributed by atoms with Gasteiger partial charge in [0.15, 0.2) is 0 Å². The Bertz CT molecular complexity index is 1390. The lowest BCUT2D eigenvalue weighted by molar-refractivity contribution is -0.132. The van der Waals surface area contributed by atoms with Gasteiger partial charge in [0.2, 0.25) is 0 Å². The molecule has 0 spiro atoms. The summed E-state index contributed by atoms with van der Waals surface area (Å²) in [6.45, 7) is 2.17. The van der Waals surface area contributed by atoms with Gasteiger partial charge in [-0.2, -0.15) is 0 Å². The first-order chi connectivity index (χ1) is 18.3. The first kappa shape index (κ1) is 26.3. The quantitative estimate of drug-likeness (QED) is 0.192. The highest BCUT2D eigenvalue weighted by molar-refractivity contribution is 6.51. The van der Waals surface area contributed by atoms with Crippen molar-refractivity contribution in [2.24, 2.45) is 0 Å². The standard InChI is InChI=1S/C29H27NO8/c1-4-15-38-29(35)18-5-9-19(10-6-18)30-25(17-7-11-20(31)12-8-17)24(27(33)28(30)34)26(32)22-14-13-21(36-2)16-23(22)37-3/h5-14,16,25,31-32H,4,15H2,1-3H3/b26-24-. The molecule has 2 N–H and O–H groups in total. The Morgan fingerprint density at radius 2 is 1.63 bits per heavy atom. The lowest BCUT2D eigenvalue weighted by Gasteiger charge is -2.25. The van der Waals surface area contributed by atoms with Crippen LogP contribution in [0, 0.1) is 0 Å². The summed E-state index contributed by atoms with van der Waals surface area (Å²) in [5.41, 5.74) is 1.14. The molecule has 1 atom stereocenters. The second-order valence-electron chi connectivity index (χ2n) is 8.51. The number of methoxy groups -OCH3 is 2. The predicted molar refractivity (Wildman–Crippen MR) is 139 cm³/mol. The number of Topliss-reactive ketones (excluding diaryl/α,β-unsaturated/α-hetero) is 1. The van der Waals surface area contributed by atoms with Crippen molar-refractivity contribution in [1.29, 1.82) is 0 Å². The van der Waals surface area contributed by atoms with Crippen molar-refractivity contribution in [3.05, 3.63) is 89.0 Å². The molecule has 1 unspecified atom stereocenters. The number of benzene rings is 3. The number of aliphatic hydroxyl groups is 1. The summed E-state index contributed by atoms with van der Waals surface area (Å²) >= 11 is 0. The van der Waals surface area contributed by atoms with Gasteiger partial charge >= 0.3 is 5.97 Å². The van der Waals surface area contributed by atoms with Crippen molar-refractivity contribution in [1.82, 2.24) is 0 Å². The zero-order chi connectivity index (χ0) is 27.4. The molecule has 1 amide bonds. The lowest BCUT2D eigenvalue weighted by Crippen LogP contribution is -2.29. The van der Waals surface area contributed by atoms with Gasteiger partial charge < -0.3 is 24.4 Å². The Balaban J connectivity index is 1.85. The minimum atomic E-state index is -1.03. The van der Waals surface area contributed by atoms with Crippen LogP contribution in [0.25, 0.3) is 5.76 Å². The number of ether oxygens (including phenoxy) is 3. The molecule has 9 heteroatoms. The Labute approximate surface area is 219 Å². The summed E-state index contributed by atoms with van der Waals surface area (Å²) in [6.07, 6.45) is 0.681. The molecule has 1 saturated heterocycles. The van der Waals surface area contributed by atoms with E-state index in [1.807, 2.05) is 6.92 Å². The van der Waals surface area contributed by atoms with Crippen LogP contribution in [0.1, 0.15) is 40.9 Å². The first-order valence-corrected chi connectivity index (χ1v) is 11.9. The van der Waals surface area contributed by atoms with Crippen molar-refractivity contribution >= 4 is 29.1 Å². The van der Waals surface area contributed by atoms with Crippen LogP contribution < -0.4 is 14.4 Å². The van der Waals surface area contributed by atoms with Crippen LogP contribution in [0.3, 0.4) is 0 Å². The number of ketones is 1. The second kappa shape index (κ2) is 11.1. The number of hydrogen-bond acceptors (Lipinski definition) is 8. The Morgan fingerprint density at radius 3 is 2.24 bits per heavy atom. The van der Waals surface area contributed by atoms with E-state index in [1.54, 1.807) is 24.3 Å². The monoisotopic (exact) mass is 517 g/mol. The molecule has 1 aliphatic heterocycles. The van der Waals surface area contributed by atoms with E-state index >= 15 is 0 Å². The number of phenolic OH excluding ortho intramolecular Hbond substituents is 1. The summed E-state index contributed by atoms with van der Waals surface area (Å²) in [7, 11) is 2.90. The number of amides is 1. The molecular formula is C29H27NO8. The fourth-order valence-corrected chi connectivity index (χ4v) is 4.25. The van der Waals surface area contributed by atoms with Gasteiger partial charge in [-0.3, -0.25) is 14.5 Å². The normalized spacial score (nSPS) is 16.4. The summed E-state index contributed by atoms with van der Waals surface area (Å²) in [5, 5.41) is 21.2. The van der Waals surface area contributed by atoms with Crippen LogP contribution in [0.15, 0.2) is 72.3 Å². The Kier molecular flexibility index (Phi) is 7.66. The number of esters is 1. The van der Waals surface area contributed by atoms with Crippen molar-refractivity contribution in [2.45, 2.75) is 19.4 Å². The maximum absolute atomic E-state index is 13.4. The largest absolute Gasteiger partial charge is 0.508 e. The molecule has 1 aliphatic rings. The van der Waals surface area contributed by atoms with Gasteiger partial charge in [-0.1, -0.05) is 19.1 Å². The van der Waals surface area contributed by atoms with Gasteiger partial charge in [0.25, 0.3) is 11.7 Å². The third-order valence-corrected chi connectivity index (χ3v) is 6.14. The number of phenols is 1. The highest BCUT2D eigenvalue weighted by atomic mass is 16.5. The second-order valence-corrected chi connectivity index (χ2v) is 8.51. The zero-order valence-corrected chi connectivity index (χ0v) is 21.1. The van der Waals surface area contributed by atoms with Crippen LogP contribution in [-0.2, 0) is 14.3 Å². The van der Waals surface area contributed by atoms with Gasteiger partial charge in [-0.25, -0.2) is 4.79 Å². The molecule has 1 heterocycles. The number of aromatic hydroxyl groups is 1. The number of aliphatic hydroxyl groups excluding tert-OH is 1. The number of anilines is 1. The number of nitrogens with zero attached hydrogens (tertiary/aromatic N) is 1. The Hall–Kier alpha value is -4.79. The molecule has 0 bridgehead atoms. The van der Waals surface area contributed by atoms with E-state index in [4.69, 9.17) is 14.2 Å². The van der Waals surface area contributed by atoms with Gasteiger partial charge in [0, 0.05) is 11.8 Å². The molecule has 0 aromatic heterocycles. The smallest absolute Gasteiger partial charge is 0.338 e. The van der Waals surface area contributed by atoms with E-state index in [-0.39, 0.29) is 29.2 Å². The van der Waals surface area contributed by atoms with Gasteiger partial charge in [0.05, 0.1) is 43.6 Å². The molecule has 9 nitrogen and oxygen atoms in total. The van der Waals surface area contributed by atoms with Gasteiger partial charge in [-0.05, 0) is 60.5 Å². The molecule has 4 rings (SSSR count). The molecule has 1 fully saturated rings. The van der Waals surface area contributed by atoms with E-state index in [0.717, 1.165) is 0 Å². The van der Waals surface area contributed by atoms with E-state index in [9.17, 15) is 24.6 Å². The van der Waals surface area contributed by atoms with Crippen LogP contribution in [0.4, 0.5) is 5.69 Å². The minimum absolute atomic E-state index is 0.00234. The SMILES string of the molecule is CCCOC(=O)c1ccc(N2C(=O)C(=O)/C(=C(\O)c3ccc(OC)cc3OC)C2c2ccc(O)cc2)cc1. The van der Waals surface area contributed by atoms with E-state index in [0.29, 0.717) is 29.0 Å². The zero-order valence-electron chi connectivity index (χ0n) is 21.1. The third kappa shape index (κ3) is 4.90. The highest BCUT2D eigenvalue weighted by Gasteiger charge is 2.47. The van der Waals surface area contributed by atoms with Gasteiger partial charge in [0.1, 0.15) is 23.0 Å². The van der Waals surface area contributed by atoms with E-state index in [2.05, 4.69) is 0 Å². The maximum atomic E-state index is 13.4. The third-order valence-electron chi connectivity index (χ3n) is 6.14. The molecule has 3 aromatic rings. The minimum Gasteiger partial charge on any atom is -0.508 e. The van der Waals surface area contributed by atoms with Crippen LogP contribution >= 0.6 is 0 Å². The summed E-state index contributed by atoms with van der Waals surface area (Å²) in [5.74, 6) is -1.97. The van der Waals surface area contributed by atoms with E-state index in [1.165, 1.54) is 61.6 Å². The van der Waals surface area contributed by atoms with Crippen LogP contribution in [-0.4, -0.2) is 48.7 Å². The fraction of sp³-hybridized carbons (Fsp3) is 0.207. The maximum Gasteiger partial charge on any atom is 0.338 e. The average Bonchev–Trinajstić information content (AvgIpc) is 3.21. The molecule has 196 valence electrons. The van der Waals surface area contributed by atoms with Crippen molar-refractivity contribution in [2.75, 3.05) is 25.7 Å². The first-order valence-electron chi connectivity index (χ1n) is 11.9. The van der Waals surface area contributed by atoms with Crippen molar-refractivity contribution in [3.63, 3.8) is 0 Å². The summed E-state index contributed by atoms with van der Waals surface area (Å²) < 4.78 is 15.8. The molecule has 0 aliphatic carbocycles. The Morgan fingerprint density at radius 1 is 0.947 bits per heavy atom. The number of hydrogen-bond donors (Lipinski definition) is 2. The fourth-order valence-electron chi connectivity index (χ4n) is 4.25. The number of carbonyl (C=O) groups is 3. The summed E-state index contributed by atoms with van der Waals surface area (Å²) in [6, 6.07) is 15.7. The molecule has 0 radical (unpaired) electrons. The number of rotatable bonds is 8. The van der Waals surface area contributed by atoms with Crippen LogP contribution in [0.2, 0.25) is 0 Å². The highest BCUT2D eigenvalue weighted by Crippen LogP contribution is 2.44. The molecular weight excluding hydrogens is 490 g/mol. The summed E-state index contributed by atoms with van der Waals surface area (Å²) in [4.78, 5) is 40.2. The topological polar surface area (TPSA) is 123 Å². The number of carbonyl (C=O) groups excluding carboxylic acids is 3. The van der Waals surface area contributed by atoms with Crippen LogP contribution in [0.5, 0.6) is 17.2 Å². The molecule has 0 saturated carbocycles. The molecule has 38 heavy (non-hydrogen) atoms. The molecule has 3 aromatic carbocycles. The van der Waals surface area contributed by atoms with Crippen molar-refractivity contribution in [3.8, 4) is 17.2 Å². The van der Waals surface area contributed by atoms with Crippen molar-refractivity contribution < 1.29 is 38.8 Å². The van der Waals surface area contributed by atoms with Gasteiger partial charge in [-0.15, -0.1) is 0 Å². The van der Waals surface area contributed by atoms with E-state index < -0.39 is 29.5 Å².